The lowest BCUT2D eigenvalue weighted by Crippen LogP contribution is -2.21. The molecular weight excluding hydrogens is 321 g/mol. The van der Waals surface area contributed by atoms with E-state index in [9.17, 15) is 9.18 Å². The van der Waals surface area contributed by atoms with Crippen LogP contribution in [0.1, 0.15) is 0 Å². The molecule has 3 aromatic rings. The number of carbonyl (C=O) groups is 1. The highest BCUT2D eigenvalue weighted by atomic mass is 19.1. The Morgan fingerprint density at radius 3 is 2.16 bits per heavy atom. The van der Waals surface area contributed by atoms with Crippen LogP contribution in [0.5, 0.6) is 11.5 Å². The number of pyridine rings is 1. The summed E-state index contributed by atoms with van der Waals surface area (Å²) in [6, 6.07) is 16.4. The Bertz CT molecular complexity index is 822. The number of nitrogens with one attached hydrogen (secondary N) is 2. The first kappa shape index (κ1) is 16.4. The average molecular weight is 337 g/mol. The van der Waals surface area contributed by atoms with Crippen molar-refractivity contribution in [3.63, 3.8) is 0 Å². The van der Waals surface area contributed by atoms with E-state index in [1.165, 1.54) is 24.3 Å². The fraction of sp³-hybridized carbons (Fsp3) is 0.0526. The molecule has 5 nitrogen and oxygen atoms in total. The first-order valence-electron chi connectivity index (χ1n) is 7.66. The molecule has 0 aliphatic rings. The van der Waals surface area contributed by atoms with Crippen molar-refractivity contribution in [3.8, 4) is 11.5 Å². The summed E-state index contributed by atoms with van der Waals surface area (Å²) in [4.78, 5) is 15.8. The number of halogens is 1. The molecule has 0 unspecified atom stereocenters. The lowest BCUT2D eigenvalue weighted by Gasteiger charge is -2.09. The molecular formula is C19H16FN3O2. The van der Waals surface area contributed by atoms with E-state index in [1.807, 2.05) is 12.1 Å². The second-order valence-corrected chi connectivity index (χ2v) is 5.22. The number of nitrogens with zero attached hydrogens (tertiary/aromatic N) is 1. The minimum atomic E-state index is -0.342. The van der Waals surface area contributed by atoms with Crippen LogP contribution in [-0.4, -0.2) is 17.4 Å². The molecule has 2 N–H and O–H groups in total. The summed E-state index contributed by atoms with van der Waals surface area (Å²) in [5.74, 6) is 0.829. The van der Waals surface area contributed by atoms with Crippen LogP contribution in [0, 0.1) is 5.82 Å². The zero-order valence-electron chi connectivity index (χ0n) is 13.3. The zero-order valence-corrected chi connectivity index (χ0v) is 13.3. The number of hydrogen-bond acceptors (Lipinski definition) is 4. The number of hydrogen-bond donors (Lipinski definition) is 2. The van der Waals surface area contributed by atoms with Gasteiger partial charge in [-0.3, -0.25) is 9.78 Å². The molecule has 0 atom stereocenters. The number of rotatable bonds is 6. The molecule has 1 heterocycles. The number of benzene rings is 2. The molecule has 1 aromatic heterocycles. The van der Waals surface area contributed by atoms with Crippen molar-refractivity contribution in [2.45, 2.75) is 0 Å². The smallest absolute Gasteiger partial charge is 0.243 e. The minimum Gasteiger partial charge on any atom is -0.457 e. The summed E-state index contributed by atoms with van der Waals surface area (Å²) in [6.45, 7) is 0.0991. The van der Waals surface area contributed by atoms with Crippen LogP contribution in [0.25, 0.3) is 0 Å². The lowest BCUT2D eigenvalue weighted by molar-refractivity contribution is -0.114. The molecule has 0 fully saturated rings. The van der Waals surface area contributed by atoms with Gasteiger partial charge in [-0.25, -0.2) is 4.39 Å². The number of carbonyl (C=O) groups excluding carboxylic acids is 1. The van der Waals surface area contributed by atoms with Gasteiger partial charge in [-0.15, -0.1) is 0 Å². The SMILES string of the molecule is O=C(CNc1ccc(Oc2ccncc2)cc1)Nc1ccc(F)cc1. The quantitative estimate of drug-likeness (QED) is 0.712. The molecule has 126 valence electrons. The van der Waals surface area contributed by atoms with Crippen LogP contribution in [0.4, 0.5) is 15.8 Å². The maximum Gasteiger partial charge on any atom is 0.243 e. The van der Waals surface area contributed by atoms with E-state index in [1.54, 1.807) is 36.7 Å². The monoisotopic (exact) mass is 337 g/mol. The predicted molar refractivity (Wildman–Crippen MR) is 94.3 cm³/mol. The summed E-state index contributed by atoms with van der Waals surface area (Å²) in [6.07, 6.45) is 3.32. The number of aromatic nitrogens is 1. The second kappa shape index (κ2) is 7.92. The third-order valence-electron chi connectivity index (χ3n) is 3.32. The van der Waals surface area contributed by atoms with E-state index in [0.717, 1.165) is 5.69 Å². The Hall–Kier alpha value is -3.41. The number of anilines is 2. The fourth-order valence-electron chi connectivity index (χ4n) is 2.10. The highest BCUT2D eigenvalue weighted by molar-refractivity contribution is 5.93. The van der Waals surface area contributed by atoms with Gasteiger partial charge in [0.1, 0.15) is 17.3 Å². The minimum absolute atomic E-state index is 0.0991. The largest absolute Gasteiger partial charge is 0.457 e. The van der Waals surface area contributed by atoms with Gasteiger partial charge in [0.25, 0.3) is 0 Å². The normalized spacial score (nSPS) is 10.1. The molecule has 25 heavy (non-hydrogen) atoms. The van der Waals surface area contributed by atoms with Crippen molar-refractivity contribution in [2.24, 2.45) is 0 Å². The van der Waals surface area contributed by atoms with Crippen LogP contribution >= 0.6 is 0 Å². The molecule has 3 rings (SSSR count). The van der Waals surface area contributed by atoms with Crippen molar-refractivity contribution in [1.82, 2.24) is 4.98 Å². The average Bonchev–Trinajstić information content (AvgIpc) is 2.64. The fourth-order valence-corrected chi connectivity index (χ4v) is 2.10. The van der Waals surface area contributed by atoms with Gasteiger partial charge in [-0.05, 0) is 60.7 Å². The Morgan fingerprint density at radius 2 is 1.48 bits per heavy atom. The molecule has 6 heteroatoms. The van der Waals surface area contributed by atoms with Gasteiger partial charge in [0.05, 0.1) is 6.54 Å². The maximum atomic E-state index is 12.8. The van der Waals surface area contributed by atoms with Crippen molar-refractivity contribution < 1.29 is 13.9 Å². The van der Waals surface area contributed by atoms with Crippen molar-refractivity contribution in [1.29, 1.82) is 0 Å². The van der Waals surface area contributed by atoms with E-state index in [2.05, 4.69) is 15.6 Å². The standard InChI is InChI=1S/C19H16FN3O2/c20-14-1-3-16(4-2-14)23-19(24)13-22-15-5-7-17(8-6-15)25-18-9-11-21-12-10-18/h1-12,22H,13H2,(H,23,24). The lowest BCUT2D eigenvalue weighted by atomic mass is 10.3. The van der Waals surface area contributed by atoms with Gasteiger partial charge in [0.15, 0.2) is 0 Å². The van der Waals surface area contributed by atoms with Gasteiger partial charge in [-0.2, -0.15) is 0 Å². The van der Waals surface area contributed by atoms with E-state index in [0.29, 0.717) is 17.2 Å². The Kier molecular flexibility index (Phi) is 5.21. The highest BCUT2D eigenvalue weighted by Gasteiger charge is 2.03. The van der Waals surface area contributed by atoms with Gasteiger partial charge in [-0.1, -0.05) is 0 Å². The van der Waals surface area contributed by atoms with Crippen LogP contribution in [-0.2, 0) is 4.79 Å². The summed E-state index contributed by atoms with van der Waals surface area (Å²) < 4.78 is 18.5. The molecule has 0 spiro atoms. The molecule has 0 bridgehead atoms. The van der Waals surface area contributed by atoms with Crippen LogP contribution in [0.15, 0.2) is 73.1 Å². The summed E-state index contributed by atoms with van der Waals surface area (Å²) in [7, 11) is 0. The second-order valence-electron chi connectivity index (χ2n) is 5.22. The van der Waals surface area contributed by atoms with Crippen LogP contribution in [0.2, 0.25) is 0 Å². The highest BCUT2D eigenvalue weighted by Crippen LogP contribution is 2.22. The maximum absolute atomic E-state index is 12.8. The van der Waals surface area contributed by atoms with Gasteiger partial charge >= 0.3 is 0 Å². The number of amides is 1. The van der Waals surface area contributed by atoms with Gasteiger partial charge in [0, 0.05) is 23.8 Å². The summed E-state index contributed by atoms with van der Waals surface area (Å²) in [5.41, 5.74) is 1.34. The molecule has 0 saturated carbocycles. The van der Waals surface area contributed by atoms with Crippen LogP contribution < -0.4 is 15.4 Å². The van der Waals surface area contributed by atoms with E-state index in [4.69, 9.17) is 4.74 Å². The Labute approximate surface area is 144 Å². The van der Waals surface area contributed by atoms with Gasteiger partial charge < -0.3 is 15.4 Å². The predicted octanol–water partition coefficient (Wildman–Crippen LogP) is 4.06. The van der Waals surface area contributed by atoms with Crippen LogP contribution in [0.3, 0.4) is 0 Å². The summed E-state index contributed by atoms with van der Waals surface area (Å²) >= 11 is 0. The van der Waals surface area contributed by atoms with E-state index >= 15 is 0 Å². The topological polar surface area (TPSA) is 63.2 Å². The Balaban J connectivity index is 1.49. The molecule has 0 aliphatic carbocycles. The van der Waals surface area contributed by atoms with Crippen molar-refractivity contribution in [2.75, 3.05) is 17.2 Å². The molecule has 2 aromatic carbocycles. The molecule has 0 radical (unpaired) electrons. The molecule has 1 amide bonds. The van der Waals surface area contributed by atoms with Crippen molar-refractivity contribution >= 4 is 17.3 Å². The first-order chi connectivity index (χ1) is 12.2. The summed E-state index contributed by atoms with van der Waals surface area (Å²) in [5, 5.41) is 5.70. The van der Waals surface area contributed by atoms with E-state index in [-0.39, 0.29) is 18.3 Å². The third kappa shape index (κ3) is 5.04. The zero-order chi connectivity index (χ0) is 17.5. The third-order valence-corrected chi connectivity index (χ3v) is 3.32. The first-order valence-corrected chi connectivity index (χ1v) is 7.66. The molecule has 0 saturated heterocycles. The van der Waals surface area contributed by atoms with Crippen molar-refractivity contribution in [3.05, 3.63) is 78.9 Å². The van der Waals surface area contributed by atoms with Gasteiger partial charge in [0.2, 0.25) is 5.91 Å². The molecule has 0 aliphatic heterocycles. The Morgan fingerprint density at radius 1 is 0.880 bits per heavy atom. The number of ether oxygens (including phenoxy) is 1. The van der Waals surface area contributed by atoms with E-state index < -0.39 is 0 Å².